The first-order valence-corrected chi connectivity index (χ1v) is 11.0. The molecule has 6 nitrogen and oxygen atoms in total. The zero-order chi connectivity index (χ0) is 21.1. The van der Waals surface area contributed by atoms with Crippen molar-refractivity contribution >= 4 is 26.8 Å². The van der Waals surface area contributed by atoms with Crippen LogP contribution in [-0.4, -0.2) is 18.9 Å². The Labute approximate surface area is 175 Å². The predicted molar refractivity (Wildman–Crippen MR) is 116 cm³/mol. The van der Waals surface area contributed by atoms with Crippen molar-refractivity contribution in [2.24, 2.45) is 5.14 Å². The summed E-state index contributed by atoms with van der Waals surface area (Å²) in [6.07, 6.45) is 0. The summed E-state index contributed by atoms with van der Waals surface area (Å²) in [5, 5.41) is 9.06. The van der Waals surface area contributed by atoms with E-state index in [-0.39, 0.29) is 17.3 Å². The van der Waals surface area contributed by atoms with Gasteiger partial charge in [0.15, 0.2) is 0 Å². The largest absolute Gasteiger partial charge is 0.347 e. The molecule has 0 spiro atoms. The summed E-state index contributed by atoms with van der Waals surface area (Å²) < 4.78 is 25.1. The lowest BCUT2D eigenvalue weighted by atomic mass is 10.2. The van der Waals surface area contributed by atoms with Crippen LogP contribution in [0, 0.1) is 0 Å². The van der Waals surface area contributed by atoms with Crippen LogP contribution in [0.2, 0.25) is 0 Å². The average molecular weight is 420 g/mol. The molecule has 30 heavy (non-hydrogen) atoms. The van der Waals surface area contributed by atoms with E-state index in [1.807, 2.05) is 65.2 Å². The number of primary sulfonamides is 1. The van der Waals surface area contributed by atoms with Crippen molar-refractivity contribution < 1.29 is 13.2 Å². The number of nitrogens with zero attached hydrogens (tertiary/aromatic N) is 1. The molecular weight excluding hydrogens is 398 g/mol. The minimum atomic E-state index is -3.79. The molecule has 0 radical (unpaired) electrons. The number of fused-ring (bicyclic) bond motifs is 1. The summed E-state index contributed by atoms with van der Waals surface area (Å²) in [7, 11) is -3.79. The Morgan fingerprint density at radius 2 is 1.57 bits per heavy atom. The maximum Gasteiger partial charge on any atom is 0.268 e. The smallest absolute Gasteiger partial charge is 0.268 e. The molecule has 0 fully saturated rings. The lowest BCUT2D eigenvalue weighted by Gasteiger charge is -2.12. The van der Waals surface area contributed by atoms with Crippen molar-refractivity contribution in [1.82, 2.24) is 9.88 Å². The molecule has 0 saturated carbocycles. The van der Waals surface area contributed by atoms with E-state index in [1.54, 1.807) is 12.1 Å². The quantitative estimate of drug-likeness (QED) is 0.502. The summed E-state index contributed by atoms with van der Waals surface area (Å²) in [5.74, 6) is -0.233. The number of amides is 1. The number of hydrogen-bond donors (Lipinski definition) is 2. The van der Waals surface area contributed by atoms with E-state index in [2.05, 4.69) is 5.32 Å². The second-order valence-corrected chi connectivity index (χ2v) is 8.60. The highest BCUT2D eigenvalue weighted by atomic mass is 32.2. The molecule has 0 aliphatic rings. The fraction of sp³-hybridized carbons (Fsp3) is 0.0870. The van der Waals surface area contributed by atoms with Gasteiger partial charge in [-0.1, -0.05) is 60.7 Å². The van der Waals surface area contributed by atoms with Gasteiger partial charge in [-0.3, -0.25) is 4.79 Å². The molecule has 0 aliphatic carbocycles. The summed E-state index contributed by atoms with van der Waals surface area (Å²) >= 11 is 0. The molecule has 0 aliphatic heterocycles. The zero-order valence-corrected chi connectivity index (χ0v) is 17.0. The highest BCUT2D eigenvalue weighted by Crippen LogP contribution is 2.21. The van der Waals surface area contributed by atoms with Crippen molar-refractivity contribution in [1.29, 1.82) is 0 Å². The third-order valence-electron chi connectivity index (χ3n) is 4.91. The van der Waals surface area contributed by atoms with Crippen LogP contribution in [-0.2, 0) is 23.1 Å². The maximum absolute atomic E-state index is 13.0. The first-order valence-electron chi connectivity index (χ1n) is 9.44. The highest BCUT2D eigenvalue weighted by Gasteiger charge is 2.16. The molecule has 0 bridgehead atoms. The van der Waals surface area contributed by atoms with Crippen molar-refractivity contribution in [2.75, 3.05) is 0 Å². The Morgan fingerprint density at radius 3 is 2.33 bits per heavy atom. The second kappa shape index (κ2) is 8.14. The number of sulfonamides is 1. The Hall–Kier alpha value is -3.42. The summed E-state index contributed by atoms with van der Waals surface area (Å²) in [5.41, 5.74) is 3.26. The number of nitrogens with one attached hydrogen (secondary N) is 1. The van der Waals surface area contributed by atoms with Gasteiger partial charge in [0.2, 0.25) is 10.0 Å². The van der Waals surface area contributed by atoms with E-state index in [4.69, 9.17) is 5.14 Å². The summed E-state index contributed by atoms with van der Waals surface area (Å²) in [4.78, 5) is 13.0. The summed E-state index contributed by atoms with van der Waals surface area (Å²) in [6, 6.07) is 25.9. The third kappa shape index (κ3) is 4.27. The second-order valence-electron chi connectivity index (χ2n) is 7.04. The van der Waals surface area contributed by atoms with Gasteiger partial charge in [-0.25, -0.2) is 13.6 Å². The number of benzene rings is 3. The molecule has 1 aromatic heterocycles. The molecule has 152 valence electrons. The number of carbonyl (C=O) groups is 1. The molecule has 0 unspecified atom stereocenters. The van der Waals surface area contributed by atoms with Crippen LogP contribution in [0.15, 0.2) is 89.8 Å². The monoisotopic (exact) mass is 419 g/mol. The number of hydrogen-bond acceptors (Lipinski definition) is 3. The molecule has 4 aromatic rings. The van der Waals surface area contributed by atoms with Gasteiger partial charge in [-0.05, 0) is 35.4 Å². The van der Waals surface area contributed by atoms with Crippen LogP contribution in [0.3, 0.4) is 0 Å². The van der Waals surface area contributed by atoms with Crippen LogP contribution >= 0.6 is 0 Å². The molecule has 0 atom stereocenters. The lowest BCUT2D eigenvalue weighted by molar-refractivity contribution is 0.0942. The van der Waals surface area contributed by atoms with Gasteiger partial charge < -0.3 is 9.88 Å². The molecule has 3 N–H and O–H groups in total. The standard InChI is InChI=1S/C23H21N3O3S/c24-30(28,29)20-11-6-9-18(13-20)15-25-23(27)22-14-19-10-4-5-12-21(19)26(22)16-17-7-2-1-3-8-17/h1-14H,15-16H2,(H,25,27)(H2,24,28,29). The van der Waals surface area contributed by atoms with E-state index >= 15 is 0 Å². The molecule has 1 heterocycles. The first-order chi connectivity index (χ1) is 14.4. The Balaban J connectivity index is 1.61. The molecule has 4 rings (SSSR count). The van der Waals surface area contributed by atoms with Gasteiger partial charge in [0.1, 0.15) is 5.69 Å². The van der Waals surface area contributed by atoms with Crippen molar-refractivity contribution in [3.05, 3.63) is 102 Å². The van der Waals surface area contributed by atoms with Crippen molar-refractivity contribution in [3.63, 3.8) is 0 Å². The Bertz CT molecular complexity index is 1310. The molecule has 1 amide bonds. The molecule has 7 heteroatoms. The number of para-hydroxylation sites is 1. The van der Waals surface area contributed by atoms with Gasteiger partial charge in [-0.15, -0.1) is 0 Å². The van der Waals surface area contributed by atoms with E-state index in [9.17, 15) is 13.2 Å². The normalized spacial score (nSPS) is 11.5. The number of rotatable bonds is 6. The number of carbonyl (C=O) groups excluding carboxylic acids is 1. The third-order valence-corrected chi connectivity index (χ3v) is 5.82. The van der Waals surface area contributed by atoms with Crippen LogP contribution in [0.25, 0.3) is 10.9 Å². The molecule has 0 saturated heterocycles. The van der Waals surface area contributed by atoms with E-state index in [0.717, 1.165) is 16.5 Å². The Kier molecular flexibility index (Phi) is 5.39. The van der Waals surface area contributed by atoms with E-state index in [1.165, 1.54) is 12.1 Å². The van der Waals surface area contributed by atoms with Crippen LogP contribution in [0.5, 0.6) is 0 Å². The summed E-state index contributed by atoms with van der Waals surface area (Å²) in [6.45, 7) is 0.757. The highest BCUT2D eigenvalue weighted by molar-refractivity contribution is 7.89. The van der Waals surface area contributed by atoms with Crippen LogP contribution < -0.4 is 10.5 Å². The SMILES string of the molecule is NS(=O)(=O)c1cccc(CNC(=O)c2cc3ccccc3n2Cc2ccccc2)c1. The number of nitrogens with two attached hydrogens (primary N) is 1. The van der Waals surface area contributed by atoms with Gasteiger partial charge in [0.05, 0.1) is 4.90 Å². The fourth-order valence-corrected chi connectivity index (χ4v) is 4.02. The number of aromatic nitrogens is 1. The first kappa shape index (κ1) is 19.9. The maximum atomic E-state index is 13.0. The van der Waals surface area contributed by atoms with Gasteiger partial charge in [0, 0.05) is 24.0 Å². The van der Waals surface area contributed by atoms with E-state index < -0.39 is 10.0 Å². The topological polar surface area (TPSA) is 94.2 Å². The minimum absolute atomic E-state index is 0.0208. The minimum Gasteiger partial charge on any atom is -0.347 e. The van der Waals surface area contributed by atoms with Gasteiger partial charge >= 0.3 is 0 Å². The van der Waals surface area contributed by atoms with Crippen LogP contribution in [0.4, 0.5) is 0 Å². The molecule has 3 aromatic carbocycles. The predicted octanol–water partition coefficient (Wildman–Crippen LogP) is 3.27. The van der Waals surface area contributed by atoms with Gasteiger partial charge in [-0.2, -0.15) is 0 Å². The van der Waals surface area contributed by atoms with E-state index in [0.29, 0.717) is 17.8 Å². The van der Waals surface area contributed by atoms with Crippen molar-refractivity contribution in [2.45, 2.75) is 18.0 Å². The van der Waals surface area contributed by atoms with Crippen LogP contribution in [0.1, 0.15) is 21.6 Å². The zero-order valence-electron chi connectivity index (χ0n) is 16.2. The average Bonchev–Trinajstić information content (AvgIpc) is 3.11. The molecular formula is C23H21N3O3S. The lowest BCUT2D eigenvalue weighted by Crippen LogP contribution is -2.25. The Morgan fingerprint density at radius 1 is 0.867 bits per heavy atom. The van der Waals surface area contributed by atoms with Crippen molar-refractivity contribution in [3.8, 4) is 0 Å². The fourth-order valence-electron chi connectivity index (χ4n) is 3.44. The van der Waals surface area contributed by atoms with Gasteiger partial charge in [0.25, 0.3) is 5.91 Å².